The van der Waals surface area contributed by atoms with Crippen LogP contribution < -0.4 is 0 Å². The van der Waals surface area contributed by atoms with Crippen LogP contribution in [0.25, 0.3) is 0 Å². The minimum Gasteiger partial charge on any atom is -0.455 e. The number of halogens is 2. The SMILES string of the molecule is CC(C)(C)[Si](C)(C)O/N=C/c1cc([N+](=O)[O-])c(F)cc1Cl. The number of nitro benzene ring substituents is 1. The first-order valence-corrected chi connectivity index (χ1v) is 9.59. The van der Waals surface area contributed by atoms with E-state index in [-0.39, 0.29) is 15.6 Å². The number of hydrogen-bond donors (Lipinski definition) is 0. The van der Waals surface area contributed by atoms with Gasteiger partial charge in [-0.25, -0.2) is 0 Å². The van der Waals surface area contributed by atoms with E-state index in [1.807, 2.05) is 13.1 Å². The second-order valence-corrected chi connectivity index (χ2v) is 11.3. The molecule has 0 saturated heterocycles. The van der Waals surface area contributed by atoms with Crippen LogP contribution in [0.2, 0.25) is 23.2 Å². The summed E-state index contributed by atoms with van der Waals surface area (Å²) in [5, 5.41) is 14.6. The summed E-state index contributed by atoms with van der Waals surface area (Å²) in [5.74, 6) is -0.979. The molecule has 0 heterocycles. The molecule has 0 aliphatic rings. The van der Waals surface area contributed by atoms with Crippen molar-refractivity contribution in [1.82, 2.24) is 0 Å². The van der Waals surface area contributed by atoms with Crippen molar-refractivity contribution in [3.8, 4) is 0 Å². The van der Waals surface area contributed by atoms with Gasteiger partial charge in [-0.3, -0.25) is 10.1 Å². The van der Waals surface area contributed by atoms with E-state index in [2.05, 4.69) is 25.9 Å². The molecule has 0 aromatic heterocycles. The zero-order chi connectivity index (χ0) is 16.4. The molecule has 0 unspecified atom stereocenters. The second-order valence-electron chi connectivity index (χ2n) is 6.17. The van der Waals surface area contributed by atoms with Crippen molar-refractivity contribution < 1.29 is 13.8 Å². The Hall–Kier alpha value is -1.47. The summed E-state index contributed by atoms with van der Waals surface area (Å²) in [6.45, 7) is 10.2. The van der Waals surface area contributed by atoms with E-state index >= 15 is 0 Å². The summed E-state index contributed by atoms with van der Waals surface area (Å²) < 4.78 is 18.9. The van der Waals surface area contributed by atoms with Gasteiger partial charge < -0.3 is 4.53 Å². The van der Waals surface area contributed by atoms with Crippen LogP contribution >= 0.6 is 11.6 Å². The third-order valence-corrected chi connectivity index (χ3v) is 8.04. The fraction of sp³-hybridized carbons (Fsp3) is 0.462. The van der Waals surface area contributed by atoms with Gasteiger partial charge in [0.15, 0.2) is 0 Å². The molecule has 0 aliphatic heterocycles. The highest BCUT2D eigenvalue weighted by atomic mass is 35.5. The average molecular weight is 333 g/mol. The van der Waals surface area contributed by atoms with Crippen molar-refractivity contribution in [2.24, 2.45) is 5.16 Å². The van der Waals surface area contributed by atoms with Crippen LogP contribution in [0, 0.1) is 15.9 Å². The second kappa shape index (κ2) is 6.11. The van der Waals surface area contributed by atoms with Gasteiger partial charge in [0.2, 0.25) is 5.82 Å². The molecule has 1 rings (SSSR count). The van der Waals surface area contributed by atoms with Crippen LogP contribution in [0.3, 0.4) is 0 Å². The first kappa shape index (κ1) is 17.6. The maximum Gasteiger partial charge on any atom is 0.305 e. The van der Waals surface area contributed by atoms with Crippen LogP contribution in [0.1, 0.15) is 26.3 Å². The Morgan fingerprint density at radius 3 is 2.48 bits per heavy atom. The topological polar surface area (TPSA) is 64.7 Å². The van der Waals surface area contributed by atoms with Crippen molar-refractivity contribution in [3.63, 3.8) is 0 Å². The Kier molecular flexibility index (Phi) is 5.11. The fourth-order valence-electron chi connectivity index (χ4n) is 1.14. The van der Waals surface area contributed by atoms with E-state index in [1.165, 1.54) is 6.21 Å². The standard InChI is InChI=1S/C13H18ClFN2O3Si/c1-13(2,3)21(4,5)20-16-8-9-6-12(17(18)19)11(15)7-10(9)14/h6-8H,1-5H3/b16-8+. The molecule has 0 amide bonds. The van der Waals surface area contributed by atoms with E-state index < -0.39 is 24.7 Å². The minimum atomic E-state index is -2.07. The van der Waals surface area contributed by atoms with E-state index in [0.29, 0.717) is 0 Å². The highest BCUT2D eigenvalue weighted by molar-refractivity contribution is 6.74. The fourth-order valence-corrected chi connectivity index (χ4v) is 1.93. The van der Waals surface area contributed by atoms with Gasteiger partial charge >= 0.3 is 5.69 Å². The molecular formula is C13H18ClFN2O3Si. The lowest BCUT2D eigenvalue weighted by Crippen LogP contribution is -2.39. The van der Waals surface area contributed by atoms with E-state index in [0.717, 1.165) is 12.1 Å². The summed E-state index contributed by atoms with van der Waals surface area (Å²) in [5.41, 5.74) is -0.406. The molecule has 5 nitrogen and oxygen atoms in total. The third-order valence-electron chi connectivity index (χ3n) is 3.54. The Bertz CT molecular complexity index is 586. The number of oxime groups is 1. The lowest BCUT2D eigenvalue weighted by atomic mass is 10.2. The van der Waals surface area contributed by atoms with Crippen molar-refractivity contribution in [2.45, 2.75) is 38.9 Å². The normalized spacial score (nSPS) is 12.7. The van der Waals surface area contributed by atoms with Crippen LogP contribution in [-0.2, 0) is 4.53 Å². The number of nitrogens with zero attached hydrogens (tertiary/aromatic N) is 2. The smallest absolute Gasteiger partial charge is 0.305 e. The summed E-state index contributed by atoms with van der Waals surface area (Å²) in [6, 6.07) is 1.93. The molecule has 0 aliphatic carbocycles. The van der Waals surface area contributed by atoms with Crippen molar-refractivity contribution in [2.75, 3.05) is 0 Å². The average Bonchev–Trinajstić information content (AvgIpc) is 2.29. The molecule has 1 aromatic rings. The molecule has 21 heavy (non-hydrogen) atoms. The number of rotatable bonds is 4. The predicted molar refractivity (Wildman–Crippen MR) is 83.9 cm³/mol. The van der Waals surface area contributed by atoms with E-state index in [4.69, 9.17) is 16.1 Å². The minimum absolute atomic E-state index is 0.0249. The summed E-state index contributed by atoms with van der Waals surface area (Å²) >= 11 is 5.85. The first-order chi connectivity index (χ1) is 9.45. The predicted octanol–water partition coefficient (Wildman–Crippen LogP) is 4.74. The van der Waals surface area contributed by atoms with Gasteiger partial charge in [-0.1, -0.05) is 32.4 Å². The highest BCUT2D eigenvalue weighted by Crippen LogP contribution is 2.36. The molecule has 0 fully saturated rings. The lowest BCUT2D eigenvalue weighted by molar-refractivity contribution is -0.387. The maximum absolute atomic E-state index is 13.4. The molecule has 8 heteroatoms. The molecule has 0 saturated carbocycles. The molecular weight excluding hydrogens is 315 g/mol. The summed E-state index contributed by atoms with van der Waals surface area (Å²) in [7, 11) is -2.07. The van der Waals surface area contributed by atoms with Gasteiger partial charge in [-0.2, -0.15) is 4.39 Å². The third kappa shape index (κ3) is 4.24. The van der Waals surface area contributed by atoms with Crippen LogP contribution in [0.4, 0.5) is 10.1 Å². The van der Waals surface area contributed by atoms with Gasteiger partial charge in [0.1, 0.15) is 0 Å². The molecule has 0 atom stereocenters. The Morgan fingerprint density at radius 2 is 2.00 bits per heavy atom. The maximum atomic E-state index is 13.4. The zero-order valence-corrected chi connectivity index (χ0v) is 14.4. The molecule has 1 aromatic carbocycles. The van der Waals surface area contributed by atoms with Gasteiger partial charge in [0.05, 0.1) is 16.2 Å². The molecule has 0 radical (unpaired) electrons. The van der Waals surface area contributed by atoms with Crippen LogP contribution in [0.5, 0.6) is 0 Å². The molecule has 0 bridgehead atoms. The Balaban J connectivity index is 3.01. The zero-order valence-electron chi connectivity index (χ0n) is 12.6. The molecule has 116 valence electrons. The summed E-state index contributed by atoms with van der Waals surface area (Å²) in [6.07, 6.45) is 1.27. The number of nitro groups is 1. The molecule has 0 N–H and O–H groups in total. The van der Waals surface area contributed by atoms with Crippen LogP contribution in [0.15, 0.2) is 17.3 Å². The summed E-state index contributed by atoms with van der Waals surface area (Å²) in [4.78, 5) is 9.90. The van der Waals surface area contributed by atoms with Crippen molar-refractivity contribution >= 4 is 31.8 Å². The quantitative estimate of drug-likeness (QED) is 0.346. The van der Waals surface area contributed by atoms with Gasteiger partial charge in [0, 0.05) is 17.7 Å². The van der Waals surface area contributed by atoms with Gasteiger partial charge in [-0.15, -0.1) is 5.16 Å². The molecule has 0 spiro atoms. The van der Waals surface area contributed by atoms with Gasteiger partial charge in [0.25, 0.3) is 8.32 Å². The van der Waals surface area contributed by atoms with Crippen molar-refractivity contribution in [3.05, 3.63) is 38.7 Å². The largest absolute Gasteiger partial charge is 0.455 e. The number of benzene rings is 1. The van der Waals surface area contributed by atoms with E-state index in [1.54, 1.807) is 0 Å². The van der Waals surface area contributed by atoms with Gasteiger partial charge in [-0.05, 0) is 18.1 Å². The lowest BCUT2D eigenvalue weighted by Gasteiger charge is -2.33. The Labute approximate surface area is 129 Å². The Morgan fingerprint density at radius 1 is 1.43 bits per heavy atom. The highest BCUT2D eigenvalue weighted by Gasteiger charge is 2.39. The first-order valence-electron chi connectivity index (χ1n) is 6.30. The van der Waals surface area contributed by atoms with E-state index in [9.17, 15) is 14.5 Å². The van der Waals surface area contributed by atoms with Crippen molar-refractivity contribution in [1.29, 1.82) is 0 Å². The number of hydrogen-bond acceptors (Lipinski definition) is 4. The van der Waals surface area contributed by atoms with Crippen LogP contribution in [-0.4, -0.2) is 19.5 Å². The monoisotopic (exact) mass is 332 g/mol.